The molecule has 0 bridgehead atoms. The van der Waals surface area contributed by atoms with Crippen molar-refractivity contribution < 1.29 is 35.5 Å². The monoisotopic (exact) mass is 314 g/mol. The van der Waals surface area contributed by atoms with E-state index in [1.807, 2.05) is 0 Å². The number of halogens is 7. The number of rotatable bonds is 8. The second kappa shape index (κ2) is 7.35. The molecule has 0 aliphatic heterocycles. The minimum Gasteiger partial charge on any atom is -0.287 e. The number of thioether (sulfide) groups is 1. The molecular formula is C10H13F7OS. The third kappa shape index (κ3) is 5.19. The molecule has 9 heteroatoms. The molecule has 0 saturated heterocycles. The molecule has 0 aliphatic carbocycles. The Labute approximate surface area is 109 Å². The van der Waals surface area contributed by atoms with E-state index in [0.717, 1.165) is 0 Å². The normalized spacial score (nSPS) is 16.2. The summed E-state index contributed by atoms with van der Waals surface area (Å²) in [5.41, 5.74) is 0. The van der Waals surface area contributed by atoms with Crippen molar-refractivity contribution in [2.24, 2.45) is 0 Å². The second-order valence-electron chi connectivity index (χ2n) is 3.76. The molecular weight excluding hydrogens is 301 g/mol. The summed E-state index contributed by atoms with van der Waals surface area (Å²) in [6.07, 6.45) is -8.33. The van der Waals surface area contributed by atoms with Crippen molar-refractivity contribution in [1.29, 1.82) is 0 Å². The molecule has 0 spiro atoms. The molecule has 0 heterocycles. The highest BCUT2D eigenvalue weighted by Crippen LogP contribution is 2.39. The van der Waals surface area contributed by atoms with E-state index in [9.17, 15) is 35.5 Å². The number of carbonyl (C=O) groups is 1. The maximum absolute atomic E-state index is 13.1. The maximum atomic E-state index is 13.1. The zero-order chi connectivity index (χ0) is 15.3. The van der Waals surface area contributed by atoms with Crippen LogP contribution in [0.15, 0.2) is 0 Å². The van der Waals surface area contributed by atoms with Crippen LogP contribution in [-0.2, 0) is 4.79 Å². The lowest BCUT2D eigenvalue weighted by Gasteiger charge is -2.28. The molecule has 1 nitrogen and oxygen atoms in total. The largest absolute Gasteiger partial charge is 0.315 e. The van der Waals surface area contributed by atoms with Gasteiger partial charge in [0, 0.05) is 12.2 Å². The molecule has 0 amide bonds. The summed E-state index contributed by atoms with van der Waals surface area (Å²) >= 11 is 0.550. The summed E-state index contributed by atoms with van der Waals surface area (Å²) in [5.74, 6) is -10.3. The number of carbonyl (C=O) groups excluding carboxylic acids is 1. The van der Waals surface area contributed by atoms with Gasteiger partial charge in [0.2, 0.25) is 6.17 Å². The molecule has 19 heavy (non-hydrogen) atoms. The van der Waals surface area contributed by atoms with Gasteiger partial charge in [0.15, 0.2) is 18.0 Å². The van der Waals surface area contributed by atoms with Crippen molar-refractivity contribution in [1.82, 2.24) is 0 Å². The van der Waals surface area contributed by atoms with Crippen LogP contribution in [0.4, 0.5) is 30.7 Å². The van der Waals surface area contributed by atoms with E-state index in [0.29, 0.717) is 11.8 Å². The Hall–Kier alpha value is -0.470. The Morgan fingerprint density at radius 1 is 1.21 bits per heavy atom. The smallest absolute Gasteiger partial charge is 0.287 e. The standard InChI is InChI=1S/C10H13F7OS/c1-2-7(18)19-4-3-6(12)10(16,17)8(13)9(14,15)5-11/h6,8H,2-5H2,1H3. The Bertz CT molecular complexity index is 298. The molecule has 0 radical (unpaired) electrons. The minimum absolute atomic E-state index is 0.101. The van der Waals surface area contributed by atoms with Crippen LogP contribution in [0.3, 0.4) is 0 Å². The van der Waals surface area contributed by atoms with Crippen LogP contribution in [-0.4, -0.2) is 41.7 Å². The average molecular weight is 314 g/mol. The first-order valence-electron chi connectivity index (χ1n) is 5.35. The summed E-state index contributed by atoms with van der Waals surface area (Å²) in [6.45, 7) is -1.14. The molecule has 0 aromatic heterocycles. The fourth-order valence-corrected chi connectivity index (χ4v) is 1.84. The Kier molecular flexibility index (Phi) is 7.17. The minimum atomic E-state index is -5.01. The van der Waals surface area contributed by atoms with Crippen LogP contribution < -0.4 is 0 Å². The molecule has 0 rings (SSSR count). The first-order valence-corrected chi connectivity index (χ1v) is 6.33. The van der Waals surface area contributed by atoms with Gasteiger partial charge in [-0.1, -0.05) is 18.7 Å². The van der Waals surface area contributed by atoms with Crippen LogP contribution in [0.1, 0.15) is 19.8 Å². The lowest BCUT2D eigenvalue weighted by atomic mass is 10.0. The molecule has 0 aromatic carbocycles. The summed E-state index contributed by atoms with van der Waals surface area (Å²) < 4.78 is 88.5. The van der Waals surface area contributed by atoms with E-state index in [4.69, 9.17) is 0 Å². The highest BCUT2D eigenvalue weighted by molar-refractivity contribution is 8.13. The first-order chi connectivity index (χ1) is 8.59. The van der Waals surface area contributed by atoms with Gasteiger partial charge in [-0.15, -0.1) is 0 Å². The van der Waals surface area contributed by atoms with Gasteiger partial charge < -0.3 is 0 Å². The number of hydrogen-bond donors (Lipinski definition) is 0. The summed E-state index contributed by atoms with van der Waals surface area (Å²) in [6, 6.07) is 0. The average Bonchev–Trinajstić information content (AvgIpc) is 2.37. The van der Waals surface area contributed by atoms with Crippen molar-refractivity contribution in [2.45, 2.75) is 44.0 Å². The van der Waals surface area contributed by atoms with Crippen LogP contribution in [0.25, 0.3) is 0 Å². The zero-order valence-electron chi connectivity index (χ0n) is 9.95. The van der Waals surface area contributed by atoms with Gasteiger partial charge in [-0.25, -0.2) is 22.0 Å². The van der Waals surface area contributed by atoms with Crippen molar-refractivity contribution in [3.05, 3.63) is 0 Å². The predicted molar refractivity (Wildman–Crippen MR) is 58.0 cm³/mol. The topological polar surface area (TPSA) is 17.1 Å². The molecule has 2 unspecified atom stereocenters. The van der Waals surface area contributed by atoms with E-state index in [1.54, 1.807) is 0 Å². The maximum Gasteiger partial charge on any atom is 0.315 e. The quantitative estimate of drug-likeness (QED) is 0.631. The van der Waals surface area contributed by atoms with Gasteiger partial charge in [0.25, 0.3) is 0 Å². The first kappa shape index (κ1) is 18.5. The van der Waals surface area contributed by atoms with Crippen LogP contribution in [0, 0.1) is 0 Å². The van der Waals surface area contributed by atoms with E-state index in [2.05, 4.69) is 0 Å². The van der Waals surface area contributed by atoms with Gasteiger partial charge in [0.05, 0.1) is 0 Å². The van der Waals surface area contributed by atoms with Gasteiger partial charge in [-0.05, 0) is 6.42 Å². The van der Waals surface area contributed by atoms with Gasteiger partial charge in [-0.3, -0.25) is 4.79 Å². The molecule has 0 fully saturated rings. The van der Waals surface area contributed by atoms with E-state index in [1.165, 1.54) is 6.92 Å². The van der Waals surface area contributed by atoms with Crippen molar-refractivity contribution in [2.75, 3.05) is 12.4 Å². The lowest BCUT2D eigenvalue weighted by molar-refractivity contribution is -0.211. The highest BCUT2D eigenvalue weighted by atomic mass is 32.2. The van der Waals surface area contributed by atoms with Crippen LogP contribution >= 0.6 is 11.8 Å². The van der Waals surface area contributed by atoms with Crippen molar-refractivity contribution >= 4 is 16.9 Å². The molecule has 0 aromatic rings. The van der Waals surface area contributed by atoms with Gasteiger partial charge in [0.1, 0.15) is 0 Å². The fraction of sp³-hybridized carbons (Fsp3) is 0.900. The van der Waals surface area contributed by atoms with Crippen molar-refractivity contribution in [3.63, 3.8) is 0 Å². The van der Waals surface area contributed by atoms with E-state index in [-0.39, 0.29) is 11.5 Å². The van der Waals surface area contributed by atoms with Crippen LogP contribution in [0.2, 0.25) is 0 Å². The Morgan fingerprint density at radius 2 is 1.74 bits per heavy atom. The molecule has 2 atom stereocenters. The summed E-state index contributed by atoms with van der Waals surface area (Å²) in [4.78, 5) is 10.8. The number of hydrogen-bond acceptors (Lipinski definition) is 2. The van der Waals surface area contributed by atoms with Gasteiger partial charge in [-0.2, -0.15) is 8.78 Å². The third-order valence-electron chi connectivity index (χ3n) is 2.23. The highest BCUT2D eigenvalue weighted by Gasteiger charge is 2.60. The third-order valence-corrected chi connectivity index (χ3v) is 3.28. The Morgan fingerprint density at radius 3 is 2.16 bits per heavy atom. The molecule has 0 aliphatic rings. The SMILES string of the molecule is CCC(=O)SCCC(F)C(F)(F)C(F)C(F)(F)CF. The Balaban J connectivity index is 4.50. The fourth-order valence-electron chi connectivity index (χ4n) is 1.08. The predicted octanol–water partition coefficient (Wildman–Crippen LogP) is 3.96. The molecule has 114 valence electrons. The van der Waals surface area contributed by atoms with E-state index >= 15 is 0 Å². The summed E-state index contributed by atoms with van der Waals surface area (Å²) in [5, 5.41) is -0.388. The van der Waals surface area contributed by atoms with Crippen molar-refractivity contribution in [3.8, 4) is 0 Å². The summed E-state index contributed by atoms with van der Waals surface area (Å²) in [7, 11) is 0. The van der Waals surface area contributed by atoms with E-state index < -0.39 is 43.0 Å². The molecule has 0 saturated carbocycles. The zero-order valence-corrected chi connectivity index (χ0v) is 10.8. The second-order valence-corrected chi connectivity index (χ2v) is 4.91. The van der Waals surface area contributed by atoms with Gasteiger partial charge >= 0.3 is 11.8 Å². The lowest BCUT2D eigenvalue weighted by Crippen LogP contribution is -2.50. The number of alkyl halides is 7. The molecule has 0 N–H and O–H groups in total. The van der Waals surface area contributed by atoms with Crippen LogP contribution in [0.5, 0.6) is 0 Å².